The van der Waals surface area contributed by atoms with Gasteiger partial charge in [-0.15, -0.1) is 0 Å². The largest absolute Gasteiger partial charge is 0.353 e. The highest BCUT2D eigenvalue weighted by molar-refractivity contribution is 6.29. The van der Waals surface area contributed by atoms with Crippen LogP contribution in [0.15, 0.2) is 6.07 Å². The molecule has 1 aromatic heterocycles. The van der Waals surface area contributed by atoms with Crippen LogP contribution in [0.25, 0.3) is 0 Å². The molecule has 2 aliphatic rings. The van der Waals surface area contributed by atoms with E-state index in [1.807, 2.05) is 4.90 Å². The average Bonchev–Trinajstić information content (AvgIpc) is 3.01. The average molecular weight is 242 g/mol. The Labute approximate surface area is 98.6 Å². The summed E-state index contributed by atoms with van der Waals surface area (Å²) in [6.45, 7) is 1.15. The van der Waals surface area contributed by atoms with Gasteiger partial charge >= 0.3 is 0 Å². The molecule has 1 aromatic rings. The minimum Gasteiger partial charge on any atom is -0.353 e. The van der Waals surface area contributed by atoms with Crippen LogP contribution in [0.4, 0.5) is 10.2 Å². The summed E-state index contributed by atoms with van der Waals surface area (Å²) in [4.78, 5) is 10.6. The van der Waals surface area contributed by atoms with Crippen molar-refractivity contribution in [2.45, 2.75) is 31.4 Å². The van der Waals surface area contributed by atoms with E-state index >= 15 is 0 Å². The number of anilines is 1. The number of aromatic nitrogens is 2. The highest BCUT2D eigenvalue weighted by Crippen LogP contribution is 2.39. The van der Waals surface area contributed by atoms with Crippen LogP contribution >= 0.6 is 11.6 Å². The van der Waals surface area contributed by atoms with E-state index in [4.69, 9.17) is 11.6 Å². The fraction of sp³-hybridized carbons (Fsp3) is 0.636. The second-order valence-corrected chi connectivity index (χ2v) is 4.90. The van der Waals surface area contributed by atoms with Crippen molar-refractivity contribution in [1.29, 1.82) is 0 Å². The zero-order valence-corrected chi connectivity index (χ0v) is 9.62. The predicted octanol–water partition coefficient (Wildman–Crippen LogP) is 2.56. The molecule has 3 nitrogen and oxygen atoms in total. The summed E-state index contributed by atoms with van der Waals surface area (Å²) in [6.07, 6.45) is 2.13. The molecule has 1 unspecified atom stereocenters. The molecule has 0 radical (unpaired) electrons. The van der Waals surface area contributed by atoms with Gasteiger partial charge in [0.1, 0.15) is 23.0 Å². The molecule has 3 rings (SSSR count). The number of rotatable bonds is 2. The first-order chi connectivity index (χ1) is 7.72. The Morgan fingerprint density at radius 3 is 2.75 bits per heavy atom. The van der Waals surface area contributed by atoms with Crippen LogP contribution < -0.4 is 4.90 Å². The summed E-state index contributed by atoms with van der Waals surface area (Å²) in [6, 6.07) is 1.73. The molecule has 5 heteroatoms. The third-order valence-corrected chi connectivity index (χ3v) is 3.29. The first-order valence-corrected chi connectivity index (χ1v) is 6.03. The number of alkyl halides is 1. The van der Waals surface area contributed by atoms with E-state index in [1.165, 1.54) is 0 Å². The Hall–Kier alpha value is -0.900. The van der Waals surface area contributed by atoms with E-state index in [0.29, 0.717) is 24.0 Å². The standard InChI is InChI=1S/C11H13ClFN3/c12-9-5-10(16-4-3-8(13)6-16)15-11(14-9)7-1-2-7/h5,7-8H,1-4,6H2. The van der Waals surface area contributed by atoms with Gasteiger partial charge in [0.25, 0.3) is 0 Å². The van der Waals surface area contributed by atoms with E-state index in [-0.39, 0.29) is 0 Å². The van der Waals surface area contributed by atoms with Gasteiger partial charge in [0.05, 0.1) is 6.54 Å². The van der Waals surface area contributed by atoms with Crippen molar-refractivity contribution >= 4 is 17.4 Å². The number of halogens is 2. The van der Waals surface area contributed by atoms with Crippen molar-refractivity contribution in [3.8, 4) is 0 Å². The highest BCUT2D eigenvalue weighted by Gasteiger charge is 2.29. The van der Waals surface area contributed by atoms with Crippen molar-refractivity contribution in [3.05, 3.63) is 17.0 Å². The van der Waals surface area contributed by atoms with Gasteiger partial charge in [-0.3, -0.25) is 0 Å². The molecule has 0 N–H and O–H groups in total. The van der Waals surface area contributed by atoms with Crippen LogP contribution in [0.5, 0.6) is 0 Å². The van der Waals surface area contributed by atoms with Crippen molar-refractivity contribution in [2.75, 3.05) is 18.0 Å². The van der Waals surface area contributed by atoms with E-state index < -0.39 is 6.17 Å². The quantitative estimate of drug-likeness (QED) is 0.746. The molecule has 0 spiro atoms. The van der Waals surface area contributed by atoms with Gasteiger partial charge in [-0.25, -0.2) is 14.4 Å². The Kier molecular flexibility index (Phi) is 2.46. The summed E-state index contributed by atoms with van der Waals surface area (Å²) in [5.41, 5.74) is 0. The van der Waals surface area contributed by atoms with E-state index in [0.717, 1.165) is 31.0 Å². The van der Waals surface area contributed by atoms with E-state index in [9.17, 15) is 4.39 Å². The molecule has 86 valence electrons. The lowest BCUT2D eigenvalue weighted by Crippen LogP contribution is -2.21. The molecular formula is C11H13ClFN3. The maximum absolute atomic E-state index is 13.1. The lowest BCUT2D eigenvalue weighted by molar-refractivity contribution is 0.364. The normalized spacial score (nSPS) is 25.1. The van der Waals surface area contributed by atoms with E-state index in [1.54, 1.807) is 6.07 Å². The Bertz CT molecular complexity index is 408. The number of hydrogen-bond donors (Lipinski definition) is 0. The maximum Gasteiger partial charge on any atom is 0.135 e. The SMILES string of the molecule is FC1CCN(c2cc(Cl)nc(C3CC3)n2)C1. The molecule has 0 amide bonds. The molecule has 1 aliphatic heterocycles. The molecular weight excluding hydrogens is 229 g/mol. The summed E-state index contributed by atoms with van der Waals surface area (Å²) < 4.78 is 13.1. The van der Waals surface area contributed by atoms with Crippen LogP contribution in [0.3, 0.4) is 0 Å². The minimum atomic E-state index is -0.738. The zero-order valence-electron chi connectivity index (χ0n) is 8.87. The second kappa shape index (κ2) is 3.84. The lowest BCUT2D eigenvalue weighted by Gasteiger charge is -2.16. The predicted molar refractivity (Wildman–Crippen MR) is 60.7 cm³/mol. The third kappa shape index (κ3) is 1.98. The van der Waals surface area contributed by atoms with Gasteiger partial charge in [-0.05, 0) is 19.3 Å². The first-order valence-electron chi connectivity index (χ1n) is 5.66. The first kappa shape index (κ1) is 10.3. The van der Waals surface area contributed by atoms with Crippen LogP contribution in [0.1, 0.15) is 31.0 Å². The molecule has 1 saturated carbocycles. The van der Waals surface area contributed by atoms with Crippen LogP contribution in [-0.4, -0.2) is 29.2 Å². The van der Waals surface area contributed by atoms with Crippen LogP contribution in [0.2, 0.25) is 5.15 Å². The molecule has 2 heterocycles. The Morgan fingerprint density at radius 1 is 1.31 bits per heavy atom. The molecule has 2 fully saturated rings. The Morgan fingerprint density at radius 2 is 2.12 bits per heavy atom. The fourth-order valence-electron chi connectivity index (χ4n) is 2.03. The van der Waals surface area contributed by atoms with Crippen molar-refractivity contribution in [2.24, 2.45) is 0 Å². The zero-order chi connectivity index (χ0) is 11.1. The summed E-state index contributed by atoms with van der Waals surface area (Å²) in [5.74, 6) is 2.08. The summed E-state index contributed by atoms with van der Waals surface area (Å²) in [7, 11) is 0. The van der Waals surface area contributed by atoms with Gasteiger partial charge < -0.3 is 4.90 Å². The topological polar surface area (TPSA) is 29.0 Å². The van der Waals surface area contributed by atoms with Gasteiger partial charge in [0.2, 0.25) is 0 Å². The third-order valence-electron chi connectivity index (χ3n) is 3.10. The van der Waals surface area contributed by atoms with Crippen molar-refractivity contribution in [1.82, 2.24) is 9.97 Å². The van der Waals surface area contributed by atoms with Crippen molar-refractivity contribution in [3.63, 3.8) is 0 Å². The monoisotopic (exact) mass is 241 g/mol. The van der Waals surface area contributed by atoms with Gasteiger partial charge in [-0.2, -0.15) is 0 Å². The molecule has 1 aliphatic carbocycles. The number of nitrogens with zero attached hydrogens (tertiary/aromatic N) is 3. The van der Waals surface area contributed by atoms with E-state index in [2.05, 4.69) is 9.97 Å². The summed E-state index contributed by atoms with van der Waals surface area (Å²) >= 11 is 5.97. The van der Waals surface area contributed by atoms with Crippen LogP contribution in [-0.2, 0) is 0 Å². The highest BCUT2D eigenvalue weighted by atomic mass is 35.5. The molecule has 16 heavy (non-hydrogen) atoms. The van der Waals surface area contributed by atoms with Crippen molar-refractivity contribution < 1.29 is 4.39 Å². The fourth-order valence-corrected chi connectivity index (χ4v) is 2.22. The molecule has 0 aromatic carbocycles. The minimum absolute atomic E-state index is 0.428. The lowest BCUT2D eigenvalue weighted by atomic mass is 10.3. The second-order valence-electron chi connectivity index (χ2n) is 4.51. The Balaban J connectivity index is 1.88. The summed E-state index contributed by atoms with van der Waals surface area (Å²) in [5, 5.41) is 0.467. The maximum atomic E-state index is 13.1. The van der Waals surface area contributed by atoms with Gasteiger partial charge in [-0.1, -0.05) is 11.6 Å². The molecule has 1 saturated heterocycles. The smallest absolute Gasteiger partial charge is 0.135 e. The van der Waals surface area contributed by atoms with Gasteiger partial charge in [0.15, 0.2) is 0 Å². The number of hydrogen-bond acceptors (Lipinski definition) is 3. The van der Waals surface area contributed by atoms with Gasteiger partial charge in [0, 0.05) is 18.5 Å². The molecule has 0 bridgehead atoms. The van der Waals surface area contributed by atoms with Crippen LogP contribution in [0, 0.1) is 0 Å². The molecule has 1 atom stereocenters.